The molecule has 0 aliphatic heterocycles. The summed E-state index contributed by atoms with van der Waals surface area (Å²) in [4.78, 5) is 0. The van der Waals surface area contributed by atoms with E-state index >= 15 is 0 Å². The van der Waals surface area contributed by atoms with Crippen LogP contribution in [0.25, 0.3) is 6.08 Å². The normalized spacial score (nSPS) is 10.9. The quantitative estimate of drug-likeness (QED) is 0.727. The van der Waals surface area contributed by atoms with Gasteiger partial charge in [0.25, 0.3) is 0 Å². The molecule has 13 heavy (non-hydrogen) atoms. The summed E-state index contributed by atoms with van der Waals surface area (Å²) in [7, 11) is 1.93. The van der Waals surface area contributed by atoms with Gasteiger partial charge in [-0.05, 0) is 18.2 Å². The molecular weight excluding hydrogens is 160 g/mol. The van der Waals surface area contributed by atoms with E-state index in [0.29, 0.717) is 6.54 Å². The van der Waals surface area contributed by atoms with Gasteiger partial charge >= 0.3 is 0 Å². The van der Waals surface area contributed by atoms with Crippen LogP contribution in [0.4, 0.5) is 0 Å². The summed E-state index contributed by atoms with van der Waals surface area (Å²) in [6.45, 7) is 1.49. The number of rotatable bonds is 4. The van der Waals surface area contributed by atoms with Gasteiger partial charge in [-0.2, -0.15) is 0 Å². The minimum absolute atomic E-state index is 0.597. The highest BCUT2D eigenvalue weighted by atomic mass is 14.8. The predicted molar refractivity (Wildman–Crippen MR) is 57.3 cm³/mol. The molecule has 0 saturated heterocycles. The van der Waals surface area contributed by atoms with Gasteiger partial charge in [0.15, 0.2) is 0 Å². The van der Waals surface area contributed by atoms with E-state index in [2.05, 4.69) is 29.6 Å². The Kier molecular flexibility index (Phi) is 4.23. The van der Waals surface area contributed by atoms with Crippen LogP contribution in [-0.2, 0) is 6.54 Å². The zero-order valence-corrected chi connectivity index (χ0v) is 7.96. The van der Waals surface area contributed by atoms with Crippen LogP contribution < -0.4 is 11.1 Å². The second-order valence-corrected chi connectivity index (χ2v) is 2.86. The second-order valence-electron chi connectivity index (χ2n) is 2.86. The van der Waals surface area contributed by atoms with Gasteiger partial charge in [0.1, 0.15) is 0 Å². The Morgan fingerprint density at radius 1 is 1.38 bits per heavy atom. The maximum absolute atomic E-state index is 5.61. The van der Waals surface area contributed by atoms with Gasteiger partial charge in [0, 0.05) is 13.1 Å². The third kappa shape index (κ3) is 3.01. The molecule has 2 heteroatoms. The van der Waals surface area contributed by atoms with Gasteiger partial charge in [0.2, 0.25) is 0 Å². The largest absolute Gasteiger partial charge is 0.326 e. The number of likely N-dealkylation sites (N-methyl/N-ethyl adjacent to an activating group) is 1. The first-order valence-corrected chi connectivity index (χ1v) is 4.47. The van der Waals surface area contributed by atoms with Crippen molar-refractivity contribution in [2.75, 3.05) is 13.6 Å². The van der Waals surface area contributed by atoms with Crippen molar-refractivity contribution in [1.82, 2.24) is 5.32 Å². The van der Waals surface area contributed by atoms with Crippen molar-refractivity contribution >= 4 is 6.08 Å². The highest BCUT2D eigenvalue weighted by molar-refractivity contribution is 5.53. The van der Waals surface area contributed by atoms with Crippen molar-refractivity contribution in [3.63, 3.8) is 0 Å². The van der Waals surface area contributed by atoms with Crippen molar-refractivity contribution in [2.45, 2.75) is 6.54 Å². The lowest BCUT2D eigenvalue weighted by atomic mass is 10.1. The SMILES string of the molecule is CNCC=Cc1ccccc1CN. The summed E-state index contributed by atoms with van der Waals surface area (Å²) in [5, 5.41) is 3.06. The van der Waals surface area contributed by atoms with Gasteiger partial charge in [-0.25, -0.2) is 0 Å². The molecule has 1 aromatic rings. The zero-order valence-electron chi connectivity index (χ0n) is 7.96. The lowest BCUT2D eigenvalue weighted by Crippen LogP contribution is -2.04. The molecule has 0 aliphatic rings. The minimum atomic E-state index is 0.597. The van der Waals surface area contributed by atoms with Crippen LogP contribution in [0.1, 0.15) is 11.1 Å². The summed E-state index contributed by atoms with van der Waals surface area (Å²) >= 11 is 0. The number of hydrogen-bond acceptors (Lipinski definition) is 2. The van der Waals surface area contributed by atoms with Gasteiger partial charge in [-0.15, -0.1) is 0 Å². The zero-order chi connectivity index (χ0) is 9.52. The average molecular weight is 176 g/mol. The van der Waals surface area contributed by atoms with E-state index in [1.807, 2.05) is 19.2 Å². The molecule has 0 aliphatic carbocycles. The van der Waals surface area contributed by atoms with E-state index < -0.39 is 0 Å². The summed E-state index contributed by atoms with van der Waals surface area (Å²) in [6.07, 6.45) is 4.19. The Bertz CT molecular complexity index is 279. The summed E-state index contributed by atoms with van der Waals surface area (Å²) < 4.78 is 0. The van der Waals surface area contributed by atoms with Crippen molar-refractivity contribution in [1.29, 1.82) is 0 Å². The molecule has 0 saturated carbocycles. The van der Waals surface area contributed by atoms with Crippen LogP contribution in [0.3, 0.4) is 0 Å². The third-order valence-electron chi connectivity index (χ3n) is 1.89. The molecule has 0 aromatic heterocycles. The fourth-order valence-corrected chi connectivity index (χ4v) is 1.19. The number of hydrogen-bond donors (Lipinski definition) is 2. The monoisotopic (exact) mass is 176 g/mol. The summed E-state index contributed by atoms with van der Waals surface area (Å²) in [5.41, 5.74) is 8.00. The van der Waals surface area contributed by atoms with Crippen molar-refractivity contribution in [3.05, 3.63) is 41.5 Å². The van der Waals surface area contributed by atoms with Gasteiger partial charge in [-0.1, -0.05) is 36.4 Å². The second kappa shape index (κ2) is 5.51. The topological polar surface area (TPSA) is 38.0 Å². The lowest BCUT2D eigenvalue weighted by Gasteiger charge is -2.01. The molecular formula is C11H16N2. The van der Waals surface area contributed by atoms with E-state index in [1.165, 1.54) is 11.1 Å². The van der Waals surface area contributed by atoms with Crippen LogP contribution in [0.2, 0.25) is 0 Å². The molecule has 0 fully saturated rings. The Hall–Kier alpha value is -1.12. The van der Waals surface area contributed by atoms with Crippen LogP contribution in [-0.4, -0.2) is 13.6 Å². The molecule has 2 nitrogen and oxygen atoms in total. The average Bonchev–Trinajstić information content (AvgIpc) is 2.19. The van der Waals surface area contributed by atoms with E-state index in [4.69, 9.17) is 5.73 Å². The van der Waals surface area contributed by atoms with Crippen LogP contribution in [0.15, 0.2) is 30.3 Å². The number of benzene rings is 1. The van der Waals surface area contributed by atoms with E-state index in [-0.39, 0.29) is 0 Å². The highest BCUT2D eigenvalue weighted by Gasteiger charge is 1.93. The smallest absolute Gasteiger partial charge is 0.0184 e. The van der Waals surface area contributed by atoms with Crippen LogP contribution in [0.5, 0.6) is 0 Å². The molecule has 0 unspecified atom stereocenters. The molecule has 1 aromatic carbocycles. The predicted octanol–water partition coefficient (Wildman–Crippen LogP) is 1.38. The fourth-order valence-electron chi connectivity index (χ4n) is 1.19. The highest BCUT2D eigenvalue weighted by Crippen LogP contribution is 2.09. The Morgan fingerprint density at radius 3 is 2.85 bits per heavy atom. The minimum Gasteiger partial charge on any atom is -0.326 e. The Labute approximate surface area is 79.5 Å². The molecule has 0 radical (unpaired) electrons. The van der Waals surface area contributed by atoms with Gasteiger partial charge in [-0.3, -0.25) is 0 Å². The molecule has 70 valence electrons. The molecule has 0 bridgehead atoms. The van der Waals surface area contributed by atoms with E-state index in [0.717, 1.165) is 6.54 Å². The summed E-state index contributed by atoms with van der Waals surface area (Å²) in [6, 6.07) is 8.17. The van der Waals surface area contributed by atoms with Gasteiger partial charge in [0.05, 0.1) is 0 Å². The molecule has 1 rings (SSSR count). The van der Waals surface area contributed by atoms with Crippen molar-refractivity contribution in [2.24, 2.45) is 5.73 Å². The first-order chi connectivity index (χ1) is 6.38. The molecule has 0 spiro atoms. The van der Waals surface area contributed by atoms with E-state index in [1.54, 1.807) is 0 Å². The standard InChI is InChI=1S/C11H16N2/c1-13-8-4-7-10-5-2-3-6-11(10)9-12/h2-7,13H,8-9,12H2,1H3. The first-order valence-electron chi connectivity index (χ1n) is 4.47. The van der Waals surface area contributed by atoms with Gasteiger partial charge < -0.3 is 11.1 Å². The Morgan fingerprint density at radius 2 is 2.15 bits per heavy atom. The molecule has 0 heterocycles. The fraction of sp³-hybridized carbons (Fsp3) is 0.273. The lowest BCUT2D eigenvalue weighted by molar-refractivity contribution is 0.922. The third-order valence-corrected chi connectivity index (χ3v) is 1.89. The van der Waals surface area contributed by atoms with Crippen LogP contribution in [0, 0.1) is 0 Å². The Balaban J connectivity index is 2.74. The summed E-state index contributed by atoms with van der Waals surface area (Å²) in [5.74, 6) is 0. The maximum atomic E-state index is 5.61. The van der Waals surface area contributed by atoms with E-state index in [9.17, 15) is 0 Å². The van der Waals surface area contributed by atoms with Crippen molar-refractivity contribution in [3.8, 4) is 0 Å². The molecule has 0 atom stereocenters. The molecule has 3 N–H and O–H groups in total. The maximum Gasteiger partial charge on any atom is 0.0184 e. The first kappa shape index (κ1) is 9.96. The van der Waals surface area contributed by atoms with Crippen LogP contribution >= 0.6 is 0 Å². The molecule has 0 amide bonds. The number of nitrogens with one attached hydrogen (secondary N) is 1. The van der Waals surface area contributed by atoms with Crippen molar-refractivity contribution < 1.29 is 0 Å². The number of nitrogens with two attached hydrogens (primary N) is 1.